The Morgan fingerprint density at radius 3 is 2.70 bits per heavy atom. The fourth-order valence-electron chi connectivity index (χ4n) is 3.11. The van der Waals surface area contributed by atoms with Crippen LogP contribution in [0.4, 0.5) is 0 Å². The second-order valence-electron chi connectivity index (χ2n) is 6.12. The molecule has 0 saturated heterocycles. The summed E-state index contributed by atoms with van der Waals surface area (Å²) in [6.45, 7) is 0.734. The summed E-state index contributed by atoms with van der Waals surface area (Å²) in [5, 5.41) is 11.6. The summed E-state index contributed by atoms with van der Waals surface area (Å²) in [5.41, 5.74) is 6.74. The van der Waals surface area contributed by atoms with Crippen LogP contribution in [0.1, 0.15) is 27.0 Å². The van der Waals surface area contributed by atoms with Gasteiger partial charge in [-0.3, -0.25) is 4.79 Å². The molecule has 120 valence electrons. The molecule has 1 heterocycles. The van der Waals surface area contributed by atoms with Crippen molar-refractivity contribution < 1.29 is 14.6 Å². The number of primary amides is 1. The lowest BCUT2D eigenvalue weighted by atomic mass is 9.83. The van der Waals surface area contributed by atoms with Gasteiger partial charge in [0.15, 0.2) is 0 Å². The molecule has 0 radical (unpaired) electrons. The second-order valence-corrected chi connectivity index (χ2v) is 6.12. The maximum absolute atomic E-state index is 11.6. The molecule has 1 aliphatic heterocycles. The van der Waals surface area contributed by atoms with Gasteiger partial charge in [0.1, 0.15) is 18.0 Å². The van der Waals surface area contributed by atoms with Crippen molar-refractivity contribution in [2.45, 2.75) is 12.2 Å². The molecule has 3 rings (SSSR count). The largest absolute Gasteiger partial charge is 0.488 e. The maximum Gasteiger partial charge on any atom is 0.248 e. The molecule has 5 nitrogen and oxygen atoms in total. The average molecular weight is 312 g/mol. The fraction of sp³-hybridized carbons (Fsp3) is 0.278. The van der Waals surface area contributed by atoms with E-state index in [4.69, 9.17) is 10.5 Å². The highest BCUT2D eigenvalue weighted by molar-refractivity contribution is 5.93. The molecule has 0 saturated carbocycles. The average Bonchev–Trinajstić information content (AvgIpc) is 2.62. The number of likely N-dealkylation sites (N-methyl/N-ethyl adjacent to an activating group) is 1. The van der Waals surface area contributed by atoms with Gasteiger partial charge in [-0.15, -0.1) is 0 Å². The number of rotatable bonds is 3. The monoisotopic (exact) mass is 312 g/mol. The lowest BCUT2D eigenvalue weighted by molar-refractivity contribution is 0.0507. The van der Waals surface area contributed by atoms with Crippen molar-refractivity contribution in [3.63, 3.8) is 0 Å². The van der Waals surface area contributed by atoms with E-state index in [1.807, 2.05) is 43.3 Å². The van der Waals surface area contributed by atoms with Crippen LogP contribution in [0, 0.1) is 0 Å². The van der Waals surface area contributed by atoms with E-state index < -0.39 is 11.5 Å². The van der Waals surface area contributed by atoms with E-state index in [-0.39, 0.29) is 0 Å². The highest BCUT2D eigenvalue weighted by atomic mass is 16.5. The molecule has 1 atom stereocenters. The van der Waals surface area contributed by atoms with Crippen molar-refractivity contribution in [3.05, 3.63) is 64.7 Å². The lowest BCUT2D eigenvalue weighted by Crippen LogP contribution is -2.39. The van der Waals surface area contributed by atoms with Crippen LogP contribution in [-0.4, -0.2) is 36.6 Å². The van der Waals surface area contributed by atoms with Crippen LogP contribution in [0.15, 0.2) is 42.5 Å². The van der Waals surface area contributed by atoms with Crippen molar-refractivity contribution in [1.29, 1.82) is 0 Å². The van der Waals surface area contributed by atoms with Gasteiger partial charge in [-0.05, 0) is 43.4 Å². The molecule has 1 amide bonds. The number of hydrogen-bond donors (Lipinski definition) is 2. The van der Waals surface area contributed by atoms with Crippen LogP contribution in [0.2, 0.25) is 0 Å². The predicted octanol–water partition coefficient (Wildman–Crippen LogP) is 1.48. The van der Waals surface area contributed by atoms with Gasteiger partial charge in [0.05, 0.1) is 0 Å². The molecule has 0 bridgehead atoms. The molecule has 3 N–H and O–H groups in total. The molecule has 1 aliphatic rings. The molecule has 0 aromatic heterocycles. The first-order chi connectivity index (χ1) is 10.9. The Kier molecular flexibility index (Phi) is 3.83. The number of fused-ring (bicyclic) bond motifs is 2. The summed E-state index contributed by atoms with van der Waals surface area (Å²) >= 11 is 0. The number of nitrogens with zero attached hydrogens (tertiary/aromatic N) is 1. The number of aliphatic hydroxyl groups is 1. The molecule has 5 heteroatoms. The van der Waals surface area contributed by atoms with E-state index in [1.165, 1.54) is 0 Å². The Bertz CT molecular complexity index is 758. The third-order valence-corrected chi connectivity index (χ3v) is 4.10. The van der Waals surface area contributed by atoms with E-state index in [0.717, 1.165) is 11.1 Å². The second kappa shape index (κ2) is 5.68. The van der Waals surface area contributed by atoms with E-state index in [0.29, 0.717) is 30.0 Å². The molecule has 2 aromatic carbocycles. The molecule has 0 spiro atoms. The van der Waals surface area contributed by atoms with Crippen LogP contribution in [0.5, 0.6) is 5.75 Å². The van der Waals surface area contributed by atoms with Gasteiger partial charge in [-0.2, -0.15) is 0 Å². The molecular weight excluding hydrogens is 292 g/mol. The third-order valence-electron chi connectivity index (χ3n) is 4.10. The van der Waals surface area contributed by atoms with E-state index in [1.54, 1.807) is 18.2 Å². The van der Waals surface area contributed by atoms with E-state index >= 15 is 0 Å². The molecule has 2 aromatic rings. The van der Waals surface area contributed by atoms with Crippen molar-refractivity contribution in [1.82, 2.24) is 4.90 Å². The first-order valence-corrected chi connectivity index (χ1v) is 7.44. The van der Waals surface area contributed by atoms with Crippen molar-refractivity contribution in [2.75, 3.05) is 20.6 Å². The Balaban J connectivity index is 2.26. The Hall–Kier alpha value is -2.37. The van der Waals surface area contributed by atoms with Gasteiger partial charge in [0, 0.05) is 17.7 Å². The standard InChI is InChI=1S/C18H20N2O3/c1-20(2)11-18(22)14-6-4-3-5-13(14)10-23-16-8-7-12(17(19)21)9-15(16)18/h3-9,22H,10-11H2,1-2H3,(H2,19,21). The quantitative estimate of drug-likeness (QED) is 0.900. The zero-order chi connectivity index (χ0) is 16.6. The Morgan fingerprint density at radius 1 is 1.26 bits per heavy atom. The fourth-order valence-corrected chi connectivity index (χ4v) is 3.11. The molecule has 0 aliphatic carbocycles. The normalized spacial score (nSPS) is 19.5. The van der Waals surface area contributed by atoms with E-state index in [2.05, 4.69) is 0 Å². The van der Waals surface area contributed by atoms with Crippen molar-refractivity contribution >= 4 is 5.91 Å². The topological polar surface area (TPSA) is 75.8 Å². The minimum Gasteiger partial charge on any atom is -0.488 e. The molecule has 0 fully saturated rings. The lowest BCUT2D eigenvalue weighted by Gasteiger charge is -2.32. The van der Waals surface area contributed by atoms with Gasteiger partial charge in [0.2, 0.25) is 5.91 Å². The van der Waals surface area contributed by atoms with Crippen LogP contribution in [0.3, 0.4) is 0 Å². The summed E-state index contributed by atoms with van der Waals surface area (Å²) in [4.78, 5) is 13.4. The Morgan fingerprint density at radius 2 is 2.00 bits per heavy atom. The van der Waals surface area contributed by atoms with Gasteiger partial charge in [0.25, 0.3) is 0 Å². The van der Waals surface area contributed by atoms with Gasteiger partial charge < -0.3 is 20.5 Å². The summed E-state index contributed by atoms with van der Waals surface area (Å²) in [5.74, 6) is 0.0353. The zero-order valence-electron chi connectivity index (χ0n) is 13.2. The predicted molar refractivity (Wildman–Crippen MR) is 87.3 cm³/mol. The number of nitrogens with two attached hydrogens (primary N) is 1. The summed E-state index contributed by atoms with van der Waals surface area (Å²) < 4.78 is 5.86. The third kappa shape index (κ3) is 2.69. The molecule has 23 heavy (non-hydrogen) atoms. The first-order valence-electron chi connectivity index (χ1n) is 7.44. The molecular formula is C18H20N2O3. The van der Waals surface area contributed by atoms with Gasteiger partial charge in [-0.25, -0.2) is 0 Å². The highest BCUT2D eigenvalue weighted by Crippen LogP contribution is 2.41. The number of benzene rings is 2. The number of amides is 1. The molecule has 1 unspecified atom stereocenters. The van der Waals surface area contributed by atoms with Gasteiger partial charge >= 0.3 is 0 Å². The zero-order valence-corrected chi connectivity index (χ0v) is 13.2. The van der Waals surface area contributed by atoms with Crippen molar-refractivity contribution in [2.24, 2.45) is 5.73 Å². The van der Waals surface area contributed by atoms with Crippen LogP contribution >= 0.6 is 0 Å². The van der Waals surface area contributed by atoms with Crippen LogP contribution < -0.4 is 10.5 Å². The minimum atomic E-state index is -1.28. The smallest absolute Gasteiger partial charge is 0.248 e. The van der Waals surface area contributed by atoms with Crippen LogP contribution in [-0.2, 0) is 12.2 Å². The van der Waals surface area contributed by atoms with Crippen LogP contribution in [0.25, 0.3) is 0 Å². The van der Waals surface area contributed by atoms with Crippen molar-refractivity contribution in [3.8, 4) is 5.75 Å². The number of carbonyl (C=O) groups is 1. The minimum absolute atomic E-state index is 0.351. The number of ether oxygens (including phenoxy) is 1. The maximum atomic E-state index is 11.6. The number of carbonyl (C=O) groups excluding carboxylic acids is 1. The highest BCUT2D eigenvalue weighted by Gasteiger charge is 2.39. The SMILES string of the molecule is CN(C)CC1(O)c2ccccc2COc2ccc(C(N)=O)cc21. The number of hydrogen-bond acceptors (Lipinski definition) is 4. The summed E-state index contributed by atoms with van der Waals surface area (Å²) in [7, 11) is 3.79. The first kappa shape index (κ1) is 15.5. The Labute approximate surface area is 135 Å². The summed E-state index contributed by atoms with van der Waals surface area (Å²) in [6, 6.07) is 12.6. The summed E-state index contributed by atoms with van der Waals surface area (Å²) in [6.07, 6.45) is 0. The van der Waals surface area contributed by atoms with Gasteiger partial charge in [-0.1, -0.05) is 24.3 Å². The van der Waals surface area contributed by atoms with E-state index in [9.17, 15) is 9.90 Å².